The fourth-order valence-electron chi connectivity index (χ4n) is 1.62. The highest BCUT2D eigenvalue weighted by atomic mass is 28.4. The van der Waals surface area contributed by atoms with Gasteiger partial charge in [0.1, 0.15) is 0 Å². The van der Waals surface area contributed by atoms with Crippen LogP contribution in [0.3, 0.4) is 0 Å². The van der Waals surface area contributed by atoms with E-state index in [-0.39, 0.29) is 12.2 Å². The molecule has 0 aliphatic heterocycles. The van der Waals surface area contributed by atoms with E-state index in [1.807, 2.05) is 6.92 Å². The highest BCUT2D eigenvalue weighted by Crippen LogP contribution is 2.31. The first-order chi connectivity index (χ1) is 8.54. The maximum atomic E-state index is 13.8. The molecular formula is C12H25F3O3Si. The lowest BCUT2D eigenvalue weighted by Crippen LogP contribution is -2.55. The Labute approximate surface area is 114 Å². The lowest BCUT2D eigenvalue weighted by molar-refractivity contribution is -0.188. The molecule has 0 bridgehead atoms. The quantitative estimate of drug-likeness (QED) is 0.599. The summed E-state index contributed by atoms with van der Waals surface area (Å²) in [7, 11) is -3.47. The van der Waals surface area contributed by atoms with Crippen molar-refractivity contribution in [1.82, 2.24) is 0 Å². The molecule has 0 rings (SSSR count). The molecule has 0 heterocycles. The van der Waals surface area contributed by atoms with Crippen molar-refractivity contribution in [3.63, 3.8) is 0 Å². The molecule has 1 unspecified atom stereocenters. The standard InChI is InChI=1S/C12H25F3O3Si/c1-7-8-19(16-9(2)3,17-10(4)5)18-12(6,15)11(13)14/h9-11H,7-8H2,1-6H3. The fourth-order valence-corrected chi connectivity index (χ4v) is 4.85. The van der Waals surface area contributed by atoms with Crippen molar-refractivity contribution in [1.29, 1.82) is 0 Å². The molecule has 0 aromatic carbocycles. The van der Waals surface area contributed by atoms with E-state index < -0.39 is 21.1 Å². The van der Waals surface area contributed by atoms with Gasteiger partial charge >= 0.3 is 8.80 Å². The molecule has 0 N–H and O–H groups in total. The van der Waals surface area contributed by atoms with E-state index in [0.717, 1.165) is 0 Å². The van der Waals surface area contributed by atoms with Gasteiger partial charge < -0.3 is 13.3 Å². The van der Waals surface area contributed by atoms with Gasteiger partial charge in [0.2, 0.25) is 0 Å². The molecule has 0 aromatic rings. The van der Waals surface area contributed by atoms with Crippen LogP contribution in [0.2, 0.25) is 6.04 Å². The summed E-state index contributed by atoms with van der Waals surface area (Å²) >= 11 is 0. The molecule has 116 valence electrons. The van der Waals surface area contributed by atoms with Crippen molar-refractivity contribution in [2.24, 2.45) is 0 Å². The monoisotopic (exact) mass is 302 g/mol. The van der Waals surface area contributed by atoms with Crippen molar-refractivity contribution in [3.05, 3.63) is 0 Å². The van der Waals surface area contributed by atoms with E-state index in [4.69, 9.17) is 13.3 Å². The first-order valence-electron chi connectivity index (χ1n) is 6.57. The van der Waals surface area contributed by atoms with Gasteiger partial charge in [-0.15, -0.1) is 0 Å². The molecule has 0 amide bonds. The van der Waals surface area contributed by atoms with E-state index in [9.17, 15) is 13.2 Å². The fraction of sp³-hybridized carbons (Fsp3) is 1.00. The molecule has 0 saturated carbocycles. The number of hydrogen-bond acceptors (Lipinski definition) is 3. The van der Waals surface area contributed by atoms with Crippen molar-refractivity contribution < 1.29 is 26.4 Å². The Balaban J connectivity index is 5.18. The van der Waals surface area contributed by atoms with Gasteiger partial charge in [0.25, 0.3) is 12.3 Å². The Hall–Kier alpha value is -0.113. The predicted octanol–water partition coefficient (Wildman–Crippen LogP) is 4.15. The second-order valence-corrected chi connectivity index (χ2v) is 7.70. The second-order valence-electron chi connectivity index (χ2n) is 5.15. The molecule has 7 heteroatoms. The highest BCUT2D eigenvalue weighted by Gasteiger charge is 2.51. The number of hydrogen-bond donors (Lipinski definition) is 0. The topological polar surface area (TPSA) is 27.7 Å². The van der Waals surface area contributed by atoms with Crippen molar-refractivity contribution in [2.75, 3.05) is 0 Å². The Morgan fingerprint density at radius 1 is 1.05 bits per heavy atom. The molecule has 0 fully saturated rings. The van der Waals surface area contributed by atoms with Crippen molar-refractivity contribution in [3.8, 4) is 0 Å². The minimum Gasteiger partial charge on any atom is -0.371 e. The van der Waals surface area contributed by atoms with Gasteiger partial charge in [0.15, 0.2) is 0 Å². The number of halogens is 3. The molecular weight excluding hydrogens is 277 g/mol. The molecule has 0 radical (unpaired) electrons. The molecule has 0 spiro atoms. The third kappa shape index (κ3) is 6.74. The van der Waals surface area contributed by atoms with Crippen LogP contribution in [0.15, 0.2) is 0 Å². The Morgan fingerprint density at radius 3 is 1.74 bits per heavy atom. The molecule has 1 atom stereocenters. The van der Waals surface area contributed by atoms with E-state index >= 15 is 0 Å². The predicted molar refractivity (Wildman–Crippen MR) is 69.9 cm³/mol. The maximum Gasteiger partial charge on any atom is 0.503 e. The summed E-state index contributed by atoms with van der Waals surface area (Å²) in [5, 5.41) is 0. The normalized spacial score (nSPS) is 16.4. The van der Waals surface area contributed by atoms with E-state index in [1.54, 1.807) is 27.7 Å². The lowest BCUT2D eigenvalue weighted by atomic mass is 10.4. The van der Waals surface area contributed by atoms with Gasteiger partial charge in [0, 0.05) is 18.3 Å². The molecule has 3 nitrogen and oxygen atoms in total. The zero-order valence-electron chi connectivity index (χ0n) is 12.5. The molecule has 0 aliphatic rings. The first-order valence-corrected chi connectivity index (χ1v) is 8.50. The van der Waals surface area contributed by atoms with E-state index in [2.05, 4.69) is 0 Å². The smallest absolute Gasteiger partial charge is 0.371 e. The van der Waals surface area contributed by atoms with Gasteiger partial charge in [-0.3, -0.25) is 0 Å². The SMILES string of the molecule is CCC[Si](OC(C)C)(OC(C)C)OC(C)(F)C(F)F. The van der Waals surface area contributed by atoms with Gasteiger partial charge in [-0.2, -0.15) is 0 Å². The van der Waals surface area contributed by atoms with Gasteiger partial charge in [-0.05, 0) is 34.6 Å². The number of rotatable bonds is 9. The van der Waals surface area contributed by atoms with E-state index in [0.29, 0.717) is 19.4 Å². The van der Waals surface area contributed by atoms with Crippen LogP contribution in [0, 0.1) is 0 Å². The third-order valence-electron chi connectivity index (χ3n) is 2.13. The maximum absolute atomic E-state index is 13.8. The third-order valence-corrected chi connectivity index (χ3v) is 5.62. The molecule has 0 aliphatic carbocycles. The van der Waals surface area contributed by atoms with Crippen LogP contribution in [-0.4, -0.2) is 33.3 Å². The minimum atomic E-state index is -3.47. The van der Waals surface area contributed by atoms with Crippen molar-refractivity contribution in [2.45, 2.75) is 78.5 Å². The van der Waals surface area contributed by atoms with Crippen molar-refractivity contribution >= 4 is 8.80 Å². The highest BCUT2D eigenvalue weighted by molar-refractivity contribution is 6.60. The largest absolute Gasteiger partial charge is 0.503 e. The van der Waals surface area contributed by atoms with Crippen LogP contribution >= 0.6 is 0 Å². The van der Waals surface area contributed by atoms with Gasteiger partial charge in [0.05, 0.1) is 0 Å². The average molecular weight is 302 g/mol. The minimum absolute atomic E-state index is 0.287. The van der Waals surface area contributed by atoms with Gasteiger partial charge in [-0.1, -0.05) is 13.3 Å². The number of alkyl halides is 3. The van der Waals surface area contributed by atoms with E-state index in [1.165, 1.54) is 0 Å². The van der Waals surface area contributed by atoms with Crippen LogP contribution < -0.4 is 0 Å². The van der Waals surface area contributed by atoms with Gasteiger partial charge in [-0.25, -0.2) is 13.2 Å². The van der Waals surface area contributed by atoms with Crippen LogP contribution in [-0.2, 0) is 13.3 Å². The summed E-state index contributed by atoms with van der Waals surface area (Å²) < 4.78 is 55.4. The summed E-state index contributed by atoms with van der Waals surface area (Å²) in [6.07, 6.45) is -3.22. The lowest BCUT2D eigenvalue weighted by Gasteiger charge is -2.37. The van der Waals surface area contributed by atoms with Crippen LogP contribution in [0.4, 0.5) is 13.2 Å². The summed E-state index contributed by atoms with van der Waals surface area (Å²) in [6, 6.07) is 0.301. The Kier molecular flexibility index (Phi) is 7.57. The van der Waals surface area contributed by atoms with Crippen LogP contribution in [0.5, 0.6) is 0 Å². The molecule has 0 saturated heterocycles. The zero-order valence-corrected chi connectivity index (χ0v) is 13.5. The Morgan fingerprint density at radius 2 is 1.47 bits per heavy atom. The summed E-state index contributed by atoms with van der Waals surface area (Å²) in [5.74, 6) is -3.06. The second kappa shape index (κ2) is 7.61. The van der Waals surface area contributed by atoms with Crippen LogP contribution in [0.1, 0.15) is 48.0 Å². The summed E-state index contributed by atoms with van der Waals surface area (Å²) in [6.45, 7) is 9.51. The first kappa shape index (κ1) is 18.9. The molecule has 0 aromatic heterocycles. The zero-order chi connectivity index (χ0) is 15.3. The van der Waals surface area contributed by atoms with Crippen LogP contribution in [0.25, 0.3) is 0 Å². The summed E-state index contributed by atoms with van der Waals surface area (Å²) in [5.41, 5.74) is 0. The summed E-state index contributed by atoms with van der Waals surface area (Å²) in [4.78, 5) is 0. The Bertz CT molecular complexity index is 251. The average Bonchev–Trinajstić information content (AvgIpc) is 2.13. The molecule has 19 heavy (non-hydrogen) atoms.